The van der Waals surface area contributed by atoms with E-state index in [1.807, 2.05) is 13.8 Å². The molecule has 2 N–H and O–H groups in total. The zero-order chi connectivity index (χ0) is 13.6. The summed E-state index contributed by atoms with van der Waals surface area (Å²) in [7, 11) is 1.74. The maximum Gasteiger partial charge on any atom is 0.251 e. The fraction of sp³-hybridized carbons (Fsp3) is 0.583. The lowest BCUT2D eigenvalue weighted by molar-refractivity contribution is 0.550. The summed E-state index contributed by atoms with van der Waals surface area (Å²) in [6, 6.07) is 3.72. The number of aromatic amines is 1. The van der Waals surface area contributed by atoms with Crippen molar-refractivity contribution in [1.82, 2.24) is 15.3 Å². The third-order valence-corrected chi connectivity index (χ3v) is 3.76. The Morgan fingerprint density at radius 2 is 2.39 bits per heavy atom. The molecule has 1 heterocycles. The fourth-order valence-corrected chi connectivity index (χ4v) is 2.30. The first kappa shape index (κ1) is 14.7. The smallest absolute Gasteiger partial charge is 0.251 e. The van der Waals surface area contributed by atoms with Gasteiger partial charge in [-0.1, -0.05) is 25.1 Å². The van der Waals surface area contributed by atoms with Crippen molar-refractivity contribution in [1.29, 1.82) is 5.26 Å². The van der Waals surface area contributed by atoms with Gasteiger partial charge in [0.2, 0.25) is 0 Å². The molecule has 0 aliphatic rings. The van der Waals surface area contributed by atoms with Crippen LogP contribution < -0.4 is 10.9 Å². The summed E-state index contributed by atoms with van der Waals surface area (Å²) in [5.74, 6) is 0.526. The average molecular weight is 266 g/mol. The molecule has 0 saturated carbocycles. The van der Waals surface area contributed by atoms with E-state index in [0.29, 0.717) is 10.9 Å². The second kappa shape index (κ2) is 6.57. The van der Waals surface area contributed by atoms with Crippen LogP contribution in [-0.2, 0) is 6.42 Å². The molecule has 0 aromatic carbocycles. The van der Waals surface area contributed by atoms with Crippen molar-refractivity contribution in [2.75, 3.05) is 12.8 Å². The van der Waals surface area contributed by atoms with E-state index in [4.69, 9.17) is 5.26 Å². The van der Waals surface area contributed by atoms with Crippen LogP contribution in [0, 0.1) is 11.3 Å². The van der Waals surface area contributed by atoms with Crippen molar-refractivity contribution in [2.24, 2.45) is 0 Å². The Morgan fingerprint density at radius 1 is 1.67 bits per heavy atom. The molecule has 5 nitrogen and oxygen atoms in total. The molecule has 18 heavy (non-hydrogen) atoms. The molecule has 1 unspecified atom stereocenters. The maximum absolute atomic E-state index is 11.5. The summed E-state index contributed by atoms with van der Waals surface area (Å²) in [5, 5.41) is 12.6. The van der Waals surface area contributed by atoms with Gasteiger partial charge in [-0.25, -0.2) is 4.98 Å². The van der Waals surface area contributed by atoms with Crippen LogP contribution in [0.2, 0.25) is 0 Å². The Balaban J connectivity index is 2.79. The highest BCUT2D eigenvalue weighted by atomic mass is 32.2. The quantitative estimate of drug-likeness (QED) is 0.599. The molecule has 0 bridgehead atoms. The maximum atomic E-state index is 11.5. The molecule has 1 rings (SSSR count). The zero-order valence-corrected chi connectivity index (χ0v) is 11.7. The van der Waals surface area contributed by atoms with Gasteiger partial charge in [-0.15, -0.1) is 0 Å². The molecule has 1 atom stereocenters. The predicted octanol–water partition coefficient (Wildman–Crippen LogP) is 1.32. The minimum atomic E-state index is -0.621. The molecule has 0 fully saturated rings. The van der Waals surface area contributed by atoms with E-state index in [9.17, 15) is 4.79 Å². The summed E-state index contributed by atoms with van der Waals surface area (Å²) in [6.07, 6.45) is 1.74. The van der Waals surface area contributed by atoms with Crippen molar-refractivity contribution >= 4 is 11.8 Å². The summed E-state index contributed by atoms with van der Waals surface area (Å²) >= 11 is 1.38. The van der Waals surface area contributed by atoms with Crippen LogP contribution in [0.15, 0.2) is 16.0 Å². The van der Waals surface area contributed by atoms with Gasteiger partial charge in [-0.3, -0.25) is 4.79 Å². The standard InChI is InChI=1S/C12H18N4OS/c1-4-5-9-6-10(17)16-11(15-9)18-8-12(2,7-13)14-3/h6,14H,4-5,8H2,1-3H3,(H,15,16,17). The third kappa shape index (κ3) is 4.17. The van der Waals surface area contributed by atoms with Crippen LogP contribution in [-0.4, -0.2) is 28.3 Å². The Kier molecular flexibility index (Phi) is 5.38. The molecule has 98 valence electrons. The van der Waals surface area contributed by atoms with Gasteiger partial charge >= 0.3 is 0 Å². The van der Waals surface area contributed by atoms with Crippen molar-refractivity contribution in [2.45, 2.75) is 37.4 Å². The van der Waals surface area contributed by atoms with Gasteiger partial charge in [-0.2, -0.15) is 5.26 Å². The van der Waals surface area contributed by atoms with E-state index in [-0.39, 0.29) is 5.56 Å². The second-order valence-electron chi connectivity index (χ2n) is 4.27. The first-order valence-electron chi connectivity index (χ1n) is 5.86. The molecule has 0 amide bonds. The monoisotopic (exact) mass is 266 g/mol. The number of aryl methyl sites for hydroxylation is 1. The van der Waals surface area contributed by atoms with Crippen molar-refractivity contribution in [3.8, 4) is 6.07 Å². The molecule has 1 aromatic rings. The highest BCUT2D eigenvalue weighted by Crippen LogP contribution is 2.18. The largest absolute Gasteiger partial charge is 0.302 e. The van der Waals surface area contributed by atoms with Crippen LogP contribution in [0.1, 0.15) is 26.0 Å². The minimum Gasteiger partial charge on any atom is -0.302 e. The molecule has 0 radical (unpaired) electrons. The summed E-state index contributed by atoms with van der Waals surface area (Å²) < 4.78 is 0. The number of rotatable bonds is 6. The molecule has 0 spiro atoms. The van der Waals surface area contributed by atoms with Crippen LogP contribution in [0.5, 0.6) is 0 Å². The Bertz CT molecular complexity index is 494. The fourth-order valence-electron chi connectivity index (χ4n) is 1.31. The van der Waals surface area contributed by atoms with Crippen LogP contribution in [0.3, 0.4) is 0 Å². The van der Waals surface area contributed by atoms with Gasteiger partial charge < -0.3 is 10.3 Å². The van der Waals surface area contributed by atoms with Crippen LogP contribution in [0.4, 0.5) is 0 Å². The first-order valence-corrected chi connectivity index (χ1v) is 6.84. The van der Waals surface area contributed by atoms with Gasteiger partial charge in [0.15, 0.2) is 5.16 Å². The van der Waals surface area contributed by atoms with Crippen molar-refractivity contribution in [3.63, 3.8) is 0 Å². The van der Waals surface area contributed by atoms with Crippen molar-refractivity contribution < 1.29 is 0 Å². The number of hydrogen-bond acceptors (Lipinski definition) is 5. The van der Waals surface area contributed by atoms with E-state index >= 15 is 0 Å². The number of nitrogens with zero attached hydrogens (tertiary/aromatic N) is 2. The van der Waals surface area contributed by atoms with Gasteiger partial charge in [-0.05, 0) is 20.4 Å². The van der Waals surface area contributed by atoms with Gasteiger partial charge in [0.1, 0.15) is 5.54 Å². The lowest BCUT2D eigenvalue weighted by Gasteiger charge is -2.19. The van der Waals surface area contributed by atoms with E-state index in [2.05, 4.69) is 21.4 Å². The number of thioether (sulfide) groups is 1. The van der Waals surface area contributed by atoms with E-state index in [1.165, 1.54) is 17.8 Å². The van der Waals surface area contributed by atoms with Crippen LogP contribution >= 0.6 is 11.8 Å². The van der Waals surface area contributed by atoms with Gasteiger partial charge in [0.05, 0.1) is 6.07 Å². The summed E-state index contributed by atoms with van der Waals surface area (Å²) in [5.41, 5.74) is 0.0372. The normalized spacial score (nSPS) is 13.9. The lowest BCUT2D eigenvalue weighted by atomic mass is 10.1. The summed E-state index contributed by atoms with van der Waals surface area (Å²) in [4.78, 5) is 18.5. The first-order chi connectivity index (χ1) is 8.53. The van der Waals surface area contributed by atoms with E-state index in [0.717, 1.165) is 18.5 Å². The molecule has 0 saturated heterocycles. The molecular weight excluding hydrogens is 248 g/mol. The lowest BCUT2D eigenvalue weighted by Crippen LogP contribution is -2.40. The highest BCUT2D eigenvalue weighted by molar-refractivity contribution is 7.99. The average Bonchev–Trinajstić information content (AvgIpc) is 2.36. The van der Waals surface area contributed by atoms with Gasteiger partial charge in [0.25, 0.3) is 5.56 Å². The van der Waals surface area contributed by atoms with E-state index < -0.39 is 5.54 Å². The van der Waals surface area contributed by atoms with Gasteiger partial charge in [0, 0.05) is 17.5 Å². The minimum absolute atomic E-state index is 0.140. The zero-order valence-electron chi connectivity index (χ0n) is 10.9. The topological polar surface area (TPSA) is 81.6 Å². The van der Waals surface area contributed by atoms with Crippen LogP contribution in [0.25, 0.3) is 0 Å². The molecule has 1 aromatic heterocycles. The third-order valence-electron chi connectivity index (χ3n) is 2.58. The number of nitrogens with one attached hydrogen (secondary N) is 2. The number of aromatic nitrogens is 2. The second-order valence-corrected chi connectivity index (χ2v) is 5.24. The Labute approximate surface area is 111 Å². The summed E-state index contributed by atoms with van der Waals surface area (Å²) in [6.45, 7) is 3.86. The van der Waals surface area contributed by atoms with E-state index in [1.54, 1.807) is 7.05 Å². The molecule has 0 aliphatic heterocycles. The number of hydrogen-bond donors (Lipinski definition) is 2. The predicted molar refractivity (Wildman–Crippen MR) is 72.7 cm³/mol. The SMILES string of the molecule is CCCc1cc(=O)[nH]c(SCC(C)(C#N)NC)n1. The number of nitriles is 1. The molecule has 6 heteroatoms. The Hall–Kier alpha value is -1.32. The highest BCUT2D eigenvalue weighted by Gasteiger charge is 2.21. The molecule has 0 aliphatic carbocycles. The Morgan fingerprint density at radius 3 is 2.94 bits per heavy atom. The molecular formula is C12H18N4OS. The van der Waals surface area contributed by atoms with Crippen molar-refractivity contribution in [3.05, 3.63) is 22.1 Å². The number of H-pyrrole nitrogens is 1.